The predicted molar refractivity (Wildman–Crippen MR) is 68.9 cm³/mol. The number of nitrogens with two attached hydrogens (primary N) is 1. The first-order chi connectivity index (χ1) is 8.18. The first-order valence-electron chi connectivity index (χ1n) is 5.78. The highest BCUT2D eigenvalue weighted by Gasteiger charge is 2.09. The van der Waals surface area contributed by atoms with Gasteiger partial charge in [0.1, 0.15) is 0 Å². The number of hydrogen-bond acceptors (Lipinski definition) is 2. The largest absolute Gasteiger partial charge is 0.361 e. The molecule has 1 atom stereocenters. The number of aromatic amines is 1. The molecule has 0 aliphatic rings. The Labute approximate surface area is 100 Å². The van der Waals surface area contributed by atoms with Crippen molar-refractivity contribution in [2.75, 3.05) is 6.54 Å². The lowest BCUT2D eigenvalue weighted by Crippen LogP contribution is -2.29. The highest BCUT2D eigenvalue weighted by atomic mass is 16.1. The molecule has 0 aliphatic heterocycles. The minimum atomic E-state index is -0.0455. The molecular formula is C13H17N3O. The van der Waals surface area contributed by atoms with Crippen LogP contribution in [0.4, 0.5) is 0 Å². The molecular weight excluding hydrogens is 214 g/mol. The Hall–Kier alpha value is -1.81. The lowest BCUT2D eigenvalue weighted by Gasteiger charge is -2.08. The van der Waals surface area contributed by atoms with Crippen molar-refractivity contribution in [1.82, 2.24) is 10.3 Å². The van der Waals surface area contributed by atoms with Crippen LogP contribution >= 0.6 is 0 Å². The summed E-state index contributed by atoms with van der Waals surface area (Å²) in [6.07, 6.45) is 2.62. The van der Waals surface area contributed by atoms with Crippen LogP contribution < -0.4 is 11.1 Å². The Morgan fingerprint density at radius 1 is 1.47 bits per heavy atom. The van der Waals surface area contributed by atoms with Crippen LogP contribution in [0.2, 0.25) is 0 Å². The van der Waals surface area contributed by atoms with Gasteiger partial charge in [0.25, 0.3) is 5.91 Å². The summed E-state index contributed by atoms with van der Waals surface area (Å²) in [7, 11) is 0. The van der Waals surface area contributed by atoms with Gasteiger partial charge in [-0.1, -0.05) is 6.07 Å². The van der Waals surface area contributed by atoms with E-state index in [9.17, 15) is 4.79 Å². The monoisotopic (exact) mass is 231 g/mol. The SMILES string of the molecule is CC(N)CCNC(=O)c1cccc2[nH]ccc12. The molecule has 4 N–H and O–H groups in total. The number of carbonyl (C=O) groups is 1. The van der Waals surface area contributed by atoms with Gasteiger partial charge in [-0.15, -0.1) is 0 Å². The van der Waals surface area contributed by atoms with Crippen molar-refractivity contribution in [2.24, 2.45) is 5.73 Å². The number of amides is 1. The Morgan fingerprint density at radius 2 is 2.29 bits per heavy atom. The number of hydrogen-bond donors (Lipinski definition) is 3. The van der Waals surface area contributed by atoms with Crippen LogP contribution in [0.3, 0.4) is 0 Å². The fourth-order valence-electron chi connectivity index (χ4n) is 1.79. The van der Waals surface area contributed by atoms with Gasteiger partial charge in [0.2, 0.25) is 0 Å². The van der Waals surface area contributed by atoms with Gasteiger partial charge in [0.05, 0.1) is 0 Å². The van der Waals surface area contributed by atoms with Crippen molar-refractivity contribution < 1.29 is 4.79 Å². The molecule has 0 bridgehead atoms. The second-order valence-corrected chi connectivity index (χ2v) is 4.27. The van der Waals surface area contributed by atoms with Gasteiger partial charge in [0.15, 0.2) is 0 Å². The van der Waals surface area contributed by atoms with Crippen LogP contribution in [0.15, 0.2) is 30.5 Å². The van der Waals surface area contributed by atoms with E-state index in [1.54, 1.807) is 0 Å². The predicted octanol–water partition coefficient (Wildman–Crippen LogP) is 1.63. The van der Waals surface area contributed by atoms with Crippen molar-refractivity contribution in [2.45, 2.75) is 19.4 Å². The zero-order chi connectivity index (χ0) is 12.3. The molecule has 17 heavy (non-hydrogen) atoms. The zero-order valence-corrected chi connectivity index (χ0v) is 9.86. The molecule has 4 heteroatoms. The number of H-pyrrole nitrogens is 1. The molecule has 1 aromatic carbocycles. The van der Waals surface area contributed by atoms with Gasteiger partial charge in [0, 0.05) is 35.2 Å². The Kier molecular flexibility index (Phi) is 3.44. The van der Waals surface area contributed by atoms with Crippen molar-refractivity contribution in [3.8, 4) is 0 Å². The normalized spacial score (nSPS) is 12.6. The van der Waals surface area contributed by atoms with E-state index in [1.165, 1.54) is 0 Å². The highest BCUT2D eigenvalue weighted by Crippen LogP contribution is 2.16. The molecule has 1 unspecified atom stereocenters. The molecule has 2 rings (SSSR count). The average Bonchev–Trinajstić information content (AvgIpc) is 2.75. The van der Waals surface area contributed by atoms with E-state index in [4.69, 9.17) is 5.73 Å². The minimum absolute atomic E-state index is 0.0455. The first kappa shape index (κ1) is 11.7. The third-order valence-electron chi connectivity index (χ3n) is 2.72. The maximum absolute atomic E-state index is 12.0. The summed E-state index contributed by atoms with van der Waals surface area (Å²) < 4.78 is 0. The summed E-state index contributed by atoms with van der Waals surface area (Å²) in [6, 6.07) is 7.68. The van der Waals surface area contributed by atoms with Crippen LogP contribution in [0.1, 0.15) is 23.7 Å². The Morgan fingerprint density at radius 3 is 3.06 bits per heavy atom. The van der Waals surface area contributed by atoms with E-state index in [-0.39, 0.29) is 11.9 Å². The van der Waals surface area contributed by atoms with Crippen molar-refractivity contribution in [3.05, 3.63) is 36.0 Å². The summed E-state index contributed by atoms with van der Waals surface area (Å²) in [5, 5.41) is 3.83. The summed E-state index contributed by atoms with van der Waals surface area (Å²) >= 11 is 0. The third-order valence-corrected chi connectivity index (χ3v) is 2.72. The van der Waals surface area contributed by atoms with E-state index in [0.29, 0.717) is 12.1 Å². The molecule has 1 amide bonds. The standard InChI is InChI=1S/C13H17N3O/c1-9(14)5-7-16-13(17)11-3-2-4-12-10(11)6-8-15-12/h2-4,6,8-9,15H,5,7,14H2,1H3,(H,16,17). The van der Waals surface area contributed by atoms with E-state index in [2.05, 4.69) is 10.3 Å². The van der Waals surface area contributed by atoms with Crippen molar-refractivity contribution in [3.63, 3.8) is 0 Å². The molecule has 0 saturated heterocycles. The molecule has 0 fully saturated rings. The van der Waals surface area contributed by atoms with Crippen LogP contribution in [-0.2, 0) is 0 Å². The number of fused-ring (bicyclic) bond motifs is 1. The maximum atomic E-state index is 12.0. The van der Waals surface area contributed by atoms with Gasteiger partial charge in [-0.25, -0.2) is 0 Å². The molecule has 0 radical (unpaired) electrons. The number of aromatic nitrogens is 1. The van der Waals surface area contributed by atoms with Gasteiger partial charge in [-0.3, -0.25) is 4.79 Å². The van der Waals surface area contributed by atoms with E-state index in [1.807, 2.05) is 37.4 Å². The molecule has 1 heterocycles. The molecule has 0 saturated carbocycles. The molecule has 2 aromatic rings. The number of nitrogens with one attached hydrogen (secondary N) is 2. The lowest BCUT2D eigenvalue weighted by atomic mass is 10.1. The highest BCUT2D eigenvalue weighted by molar-refractivity contribution is 6.06. The number of rotatable bonds is 4. The minimum Gasteiger partial charge on any atom is -0.361 e. The second kappa shape index (κ2) is 5.01. The molecule has 1 aromatic heterocycles. The van der Waals surface area contributed by atoms with Crippen LogP contribution in [0.25, 0.3) is 10.9 Å². The third kappa shape index (κ3) is 2.65. The average molecular weight is 231 g/mol. The molecule has 0 spiro atoms. The summed E-state index contributed by atoms with van der Waals surface area (Å²) in [5.41, 5.74) is 7.31. The second-order valence-electron chi connectivity index (χ2n) is 4.27. The van der Waals surface area contributed by atoms with Crippen LogP contribution in [-0.4, -0.2) is 23.5 Å². The van der Waals surface area contributed by atoms with E-state index >= 15 is 0 Å². The van der Waals surface area contributed by atoms with E-state index in [0.717, 1.165) is 17.3 Å². The Bertz CT molecular complexity index is 516. The topological polar surface area (TPSA) is 70.9 Å². The quantitative estimate of drug-likeness (QED) is 0.748. The molecule has 90 valence electrons. The zero-order valence-electron chi connectivity index (χ0n) is 9.86. The Balaban J connectivity index is 2.11. The fourth-order valence-corrected chi connectivity index (χ4v) is 1.79. The van der Waals surface area contributed by atoms with Gasteiger partial charge < -0.3 is 16.0 Å². The van der Waals surface area contributed by atoms with Gasteiger partial charge in [-0.05, 0) is 31.5 Å². The first-order valence-corrected chi connectivity index (χ1v) is 5.78. The maximum Gasteiger partial charge on any atom is 0.251 e. The summed E-state index contributed by atoms with van der Waals surface area (Å²) in [5.74, 6) is -0.0455. The smallest absolute Gasteiger partial charge is 0.251 e. The number of carbonyl (C=O) groups excluding carboxylic acids is 1. The van der Waals surface area contributed by atoms with Crippen LogP contribution in [0.5, 0.6) is 0 Å². The van der Waals surface area contributed by atoms with Crippen molar-refractivity contribution in [1.29, 1.82) is 0 Å². The van der Waals surface area contributed by atoms with Gasteiger partial charge in [-0.2, -0.15) is 0 Å². The molecule has 0 aliphatic carbocycles. The summed E-state index contributed by atoms with van der Waals surface area (Å²) in [4.78, 5) is 15.1. The van der Waals surface area contributed by atoms with Gasteiger partial charge >= 0.3 is 0 Å². The fraction of sp³-hybridized carbons (Fsp3) is 0.308. The van der Waals surface area contributed by atoms with E-state index < -0.39 is 0 Å². The van der Waals surface area contributed by atoms with Crippen LogP contribution in [0, 0.1) is 0 Å². The number of benzene rings is 1. The summed E-state index contributed by atoms with van der Waals surface area (Å²) in [6.45, 7) is 2.54. The lowest BCUT2D eigenvalue weighted by molar-refractivity contribution is 0.0954. The van der Waals surface area contributed by atoms with Crippen molar-refractivity contribution >= 4 is 16.8 Å². The molecule has 4 nitrogen and oxygen atoms in total.